The summed E-state index contributed by atoms with van der Waals surface area (Å²) >= 11 is 1.15. The molecule has 0 aliphatic heterocycles. The number of ketones is 1. The molecule has 5 nitrogen and oxygen atoms in total. The highest BCUT2D eigenvalue weighted by atomic mass is 32.2. The van der Waals surface area contributed by atoms with Crippen LogP contribution in [0.2, 0.25) is 0 Å². The molecule has 1 unspecified atom stereocenters. The zero-order valence-corrected chi connectivity index (χ0v) is 19.4. The van der Waals surface area contributed by atoms with Gasteiger partial charge in [-0.25, -0.2) is 17.4 Å². The first-order valence-corrected chi connectivity index (χ1v) is 12.7. The molecule has 0 saturated heterocycles. The van der Waals surface area contributed by atoms with E-state index < -0.39 is 15.3 Å². The van der Waals surface area contributed by atoms with Crippen LogP contribution < -0.4 is 0 Å². The summed E-state index contributed by atoms with van der Waals surface area (Å²) in [7, 11) is -3.96. The molecule has 33 heavy (non-hydrogen) atoms. The standard InChI is InChI=1S/C26H20N2O3S2/c1-18(25(29)20-10-3-2-4-11-20)32-26-27-23-13-7-8-14-24(23)28(26)33(30,31)22-16-15-19-9-5-6-12-21(19)17-22/h2-18H,1H3. The SMILES string of the molecule is CC(Sc1nc2ccccc2n1S(=O)(=O)c1ccc2ccccc2c1)C(=O)c1ccccc1. The van der Waals surface area contributed by atoms with Crippen LogP contribution >= 0.6 is 11.8 Å². The molecule has 7 heteroatoms. The molecule has 0 bridgehead atoms. The van der Waals surface area contributed by atoms with E-state index in [1.165, 1.54) is 3.97 Å². The van der Waals surface area contributed by atoms with Crippen LogP contribution in [0.5, 0.6) is 0 Å². The smallest absolute Gasteiger partial charge is 0.270 e. The maximum atomic E-state index is 13.8. The van der Waals surface area contributed by atoms with E-state index in [0.717, 1.165) is 22.5 Å². The van der Waals surface area contributed by atoms with Crippen molar-refractivity contribution in [3.05, 3.63) is 103 Å². The lowest BCUT2D eigenvalue weighted by Gasteiger charge is -2.14. The molecule has 0 N–H and O–H groups in total. The first-order chi connectivity index (χ1) is 15.9. The number of carbonyl (C=O) groups excluding carboxylic acids is 1. The van der Waals surface area contributed by atoms with Gasteiger partial charge in [-0.1, -0.05) is 84.6 Å². The lowest BCUT2D eigenvalue weighted by atomic mass is 10.1. The topological polar surface area (TPSA) is 69.0 Å². The highest BCUT2D eigenvalue weighted by molar-refractivity contribution is 8.01. The second-order valence-corrected chi connectivity index (χ2v) is 10.7. The minimum atomic E-state index is -3.96. The number of imidazole rings is 1. The normalized spacial score (nSPS) is 12.8. The average Bonchev–Trinajstić information content (AvgIpc) is 3.22. The number of para-hydroxylation sites is 2. The number of rotatable bonds is 6. The van der Waals surface area contributed by atoms with Gasteiger partial charge in [-0.3, -0.25) is 4.79 Å². The van der Waals surface area contributed by atoms with Crippen molar-refractivity contribution in [3.63, 3.8) is 0 Å². The minimum absolute atomic E-state index is 0.0812. The minimum Gasteiger partial charge on any atom is -0.293 e. The Hall–Kier alpha value is -3.42. The maximum absolute atomic E-state index is 13.8. The lowest BCUT2D eigenvalue weighted by molar-refractivity contribution is 0.0994. The molecule has 1 heterocycles. The summed E-state index contributed by atoms with van der Waals surface area (Å²) in [5, 5.41) is 1.55. The molecule has 1 atom stereocenters. The van der Waals surface area contributed by atoms with E-state index >= 15 is 0 Å². The number of hydrogen-bond donors (Lipinski definition) is 0. The van der Waals surface area contributed by atoms with Crippen LogP contribution in [-0.4, -0.2) is 28.4 Å². The van der Waals surface area contributed by atoms with Gasteiger partial charge in [-0.15, -0.1) is 0 Å². The van der Waals surface area contributed by atoms with E-state index in [1.807, 2.05) is 48.5 Å². The van der Waals surface area contributed by atoms with Crippen molar-refractivity contribution in [3.8, 4) is 0 Å². The molecule has 164 valence electrons. The number of thioether (sulfide) groups is 1. The number of fused-ring (bicyclic) bond motifs is 2. The van der Waals surface area contributed by atoms with Gasteiger partial charge < -0.3 is 0 Å². The van der Waals surface area contributed by atoms with Crippen molar-refractivity contribution < 1.29 is 13.2 Å². The number of Topliss-reactive ketones (excluding diaryl/α,β-unsaturated/α-hetero) is 1. The molecule has 5 aromatic rings. The molecule has 5 rings (SSSR count). The Bertz CT molecular complexity index is 1590. The third kappa shape index (κ3) is 3.94. The Balaban J connectivity index is 1.61. The number of carbonyl (C=O) groups is 1. The quantitative estimate of drug-likeness (QED) is 0.231. The summed E-state index contributed by atoms with van der Waals surface area (Å²) in [5.41, 5.74) is 1.62. The van der Waals surface area contributed by atoms with Crippen molar-refractivity contribution in [2.24, 2.45) is 0 Å². The molecule has 0 aliphatic rings. The highest BCUT2D eigenvalue weighted by Crippen LogP contribution is 2.33. The maximum Gasteiger partial charge on any atom is 0.270 e. The fraction of sp³-hybridized carbons (Fsp3) is 0.0769. The van der Waals surface area contributed by atoms with Gasteiger partial charge in [0.1, 0.15) is 0 Å². The van der Waals surface area contributed by atoms with Crippen molar-refractivity contribution in [1.29, 1.82) is 0 Å². The van der Waals surface area contributed by atoms with Crippen LogP contribution in [0.3, 0.4) is 0 Å². The second-order valence-electron chi connectivity index (χ2n) is 7.65. The average molecular weight is 473 g/mol. The second kappa shape index (κ2) is 8.50. The van der Waals surface area contributed by atoms with Crippen LogP contribution in [0.25, 0.3) is 21.8 Å². The van der Waals surface area contributed by atoms with Gasteiger partial charge in [0.05, 0.1) is 21.2 Å². The summed E-state index contributed by atoms with van der Waals surface area (Å²) in [6, 6.07) is 28.8. The first-order valence-electron chi connectivity index (χ1n) is 10.4. The third-order valence-electron chi connectivity index (χ3n) is 5.46. The lowest BCUT2D eigenvalue weighted by Crippen LogP contribution is -2.18. The van der Waals surface area contributed by atoms with Crippen molar-refractivity contribution in [1.82, 2.24) is 8.96 Å². The Morgan fingerprint density at radius 2 is 1.52 bits per heavy atom. The molecule has 0 spiro atoms. The van der Waals surface area contributed by atoms with Crippen LogP contribution in [0, 0.1) is 0 Å². The van der Waals surface area contributed by atoms with Crippen LogP contribution in [0.1, 0.15) is 17.3 Å². The van der Waals surface area contributed by atoms with Gasteiger partial charge in [-0.05, 0) is 42.0 Å². The summed E-state index contributed by atoms with van der Waals surface area (Å²) in [5.74, 6) is -0.0812. The molecule has 0 aliphatic carbocycles. The Morgan fingerprint density at radius 3 is 2.30 bits per heavy atom. The van der Waals surface area contributed by atoms with Gasteiger partial charge in [0.15, 0.2) is 10.9 Å². The summed E-state index contributed by atoms with van der Waals surface area (Å²) in [4.78, 5) is 17.7. The molecular weight excluding hydrogens is 452 g/mol. The predicted molar refractivity (Wildman–Crippen MR) is 132 cm³/mol. The number of benzene rings is 4. The molecule has 0 radical (unpaired) electrons. The zero-order valence-electron chi connectivity index (χ0n) is 17.8. The van der Waals surface area contributed by atoms with Crippen molar-refractivity contribution >= 4 is 49.4 Å². The fourth-order valence-corrected chi connectivity index (χ4v) is 6.48. The monoisotopic (exact) mass is 472 g/mol. The van der Waals surface area contributed by atoms with E-state index in [9.17, 15) is 13.2 Å². The molecule has 0 saturated carbocycles. The predicted octanol–water partition coefficient (Wildman–Crippen LogP) is 5.79. The van der Waals surface area contributed by atoms with Crippen molar-refractivity contribution in [2.75, 3.05) is 0 Å². The van der Waals surface area contributed by atoms with E-state index in [4.69, 9.17) is 0 Å². The van der Waals surface area contributed by atoms with Gasteiger partial charge in [0, 0.05) is 5.56 Å². The van der Waals surface area contributed by atoms with Crippen molar-refractivity contribution in [2.45, 2.75) is 22.2 Å². The molecule has 0 amide bonds. The van der Waals surface area contributed by atoms with Gasteiger partial charge in [0.2, 0.25) is 0 Å². The third-order valence-corrected chi connectivity index (χ3v) is 8.33. The zero-order chi connectivity index (χ0) is 23.0. The number of hydrogen-bond acceptors (Lipinski definition) is 5. The number of nitrogens with zero attached hydrogens (tertiary/aromatic N) is 2. The molecule has 0 fully saturated rings. The van der Waals surface area contributed by atoms with Crippen LogP contribution in [-0.2, 0) is 10.0 Å². The van der Waals surface area contributed by atoms with E-state index in [2.05, 4.69) is 4.98 Å². The Morgan fingerprint density at radius 1 is 0.848 bits per heavy atom. The largest absolute Gasteiger partial charge is 0.293 e. The van der Waals surface area contributed by atoms with E-state index in [0.29, 0.717) is 16.6 Å². The molecule has 4 aromatic carbocycles. The number of aromatic nitrogens is 2. The van der Waals surface area contributed by atoms with E-state index in [1.54, 1.807) is 55.5 Å². The summed E-state index contributed by atoms with van der Waals surface area (Å²) in [6.45, 7) is 1.77. The van der Waals surface area contributed by atoms with Gasteiger partial charge >= 0.3 is 0 Å². The summed E-state index contributed by atoms with van der Waals surface area (Å²) < 4.78 is 28.9. The fourth-order valence-electron chi connectivity index (χ4n) is 3.77. The van der Waals surface area contributed by atoms with E-state index in [-0.39, 0.29) is 15.8 Å². The highest BCUT2D eigenvalue weighted by Gasteiger charge is 2.27. The Kier molecular flexibility index (Phi) is 5.52. The van der Waals surface area contributed by atoms with Crippen LogP contribution in [0.15, 0.2) is 107 Å². The Labute approximate surface area is 196 Å². The molecular formula is C26H20N2O3S2. The molecule has 1 aromatic heterocycles. The van der Waals surface area contributed by atoms with Gasteiger partial charge in [0.25, 0.3) is 10.0 Å². The first kappa shape index (κ1) is 21.4. The van der Waals surface area contributed by atoms with Crippen LogP contribution in [0.4, 0.5) is 0 Å². The van der Waals surface area contributed by atoms with Gasteiger partial charge in [-0.2, -0.15) is 0 Å². The summed E-state index contributed by atoms with van der Waals surface area (Å²) in [6.07, 6.45) is 0.